The van der Waals surface area contributed by atoms with Crippen LogP contribution in [0.15, 0.2) is 24.3 Å². The molecule has 1 rings (SSSR count). The lowest BCUT2D eigenvalue weighted by atomic mass is 10.0. The van der Waals surface area contributed by atoms with Gasteiger partial charge >= 0.3 is 5.97 Å². The maximum absolute atomic E-state index is 11.2. The van der Waals surface area contributed by atoms with Crippen LogP contribution in [0.4, 0.5) is 0 Å². The third-order valence-corrected chi connectivity index (χ3v) is 6.14. The minimum Gasteiger partial charge on any atom is -0.478 e. The number of allylic oxidation sites excluding steroid dienone is 2. The Bertz CT molecular complexity index is 611. The maximum atomic E-state index is 11.2. The van der Waals surface area contributed by atoms with Gasteiger partial charge in [0.05, 0.1) is 10.6 Å². The summed E-state index contributed by atoms with van der Waals surface area (Å²) in [5, 5.41) is 10.0. The molecule has 0 aliphatic heterocycles. The fourth-order valence-electron chi connectivity index (χ4n) is 3.54. The predicted molar refractivity (Wildman–Crippen MR) is 127 cm³/mol. The number of benzene rings is 1. The van der Waals surface area contributed by atoms with E-state index >= 15 is 0 Å². The van der Waals surface area contributed by atoms with Crippen LogP contribution in [0.1, 0.15) is 113 Å². The topological polar surface area (TPSA) is 37.3 Å². The lowest BCUT2D eigenvalue weighted by Crippen LogP contribution is -2.01. The summed E-state index contributed by atoms with van der Waals surface area (Å²) in [6.45, 7) is 2.26. The number of unbranched alkanes of at least 4 members (excludes halogenated alkanes) is 12. The average Bonchev–Trinajstić information content (AvgIpc) is 2.69. The van der Waals surface area contributed by atoms with Crippen molar-refractivity contribution in [2.75, 3.05) is 0 Å². The van der Waals surface area contributed by atoms with Crippen molar-refractivity contribution in [1.82, 2.24) is 0 Å². The number of rotatable bonds is 17. The number of carboxylic acids is 1. The van der Waals surface area contributed by atoms with Crippen LogP contribution in [0, 0.1) is 0 Å². The van der Waals surface area contributed by atoms with Crippen molar-refractivity contribution in [2.24, 2.45) is 0 Å². The summed E-state index contributed by atoms with van der Waals surface area (Å²) in [7, 11) is 0. The number of hydrogen-bond donors (Lipinski definition) is 1. The molecular weight excluding hydrogens is 403 g/mol. The van der Waals surface area contributed by atoms with Gasteiger partial charge in [-0.2, -0.15) is 0 Å². The molecule has 0 aliphatic carbocycles. The number of halogens is 2. The van der Waals surface area contributed by atoms with Crippen LogP contribution in [0.2, 0.25) is 10.0 Å². The van der Waals surface area contributed by atoms with Crippen molar-refractivity contribution in [3.8, 4) is 0 Å². The SMILES string of the molecule is CCCCCCCCC=CCCCCCCCCc1c(Cl)ccc(C(=O)O)c1Cl. The van der Waals surface area contributed by atoms with E-state index in [2.05, 4.69) is 19.1 Å². The molecule has 0 atom stereocenters. The number of hydrogen-bond acceptors (Lipinski definition) is 1. The summed E-state index contributed by atoms with van der Waals surface area (Å²) < 4.78 is 0. The summed E-state index contributed by atoms with van der Waals surface area (Å²) in [6.07, 6.45) is 23.2. The summed E-state index contributed by atoms with van der Waals surface area (Å²) in [6, 6.07) is 3.10. The fraction of sp³-hybridized carbons (Fsp3) is 0.640. The highest BCUT2D eigenvalue weighted by atomic mass is 35.5. The van der Waals surface area contributed by atoms with E-state index < -0.39 is 5.97 Å². The first kappa shape index (κ1) is 26.0. The van der Waals surface area contributed by atoms with E-state index in [-0.39, 0.29) is 10.6 Å². The predicted octanol–water partition coefficient (Wildman–Crippen LogP) is 9.27. The van der Waals surface area contributed by atoms with E-state index in [0.717, 1.165) is 24.8 Å². The highest BCUT2D eigenvalue weighted by molar-refractivity contribution is 6.37. The Labute approximate surface area is 187 Å². The van der Waals surface area contributed by atoms with E-state index in [1.165, 1.54) is 83.1 Å². The molecule has 1 N–H and O–H groups in total. The van der Waals surface area contributed by atoms with Crippen molar-refractivity contribution in [3.63, 3.8) is 0 Å². The first-order chi connectivity index (χ1) is 14.1. The second kappa shape index (κ2) is 16.8. The Balaban J connectivity index is 2.02. The number of carboxylic acid groups (broad SMARTS) is 1. The molecule has 4 heteroatoms. The molecular formula is C25H38Cl2O2. The van der Waals surface area contributed by atoms with Crippen LogP contribution >= 0.6 is 23.2 Å². The molecule has 0 amide bonds. The summed E-state index contributed by atoms with van der Waals surface area (Å²) in [5.41, 5.74) is 0.902. The van der Waals surface area contributed by atoms with Gasteiger partial charge in [-0.1, -0.05) is 100 Å². The third-order valence-electron chi connectivity index (χ3n) is 5.36. The third kappa shape index (κ3) is 11.7. The van der Waals surface area contributed by atoms with Gasteiger partial charge in [0.25, 0.3) is 0 Å². The lowest BCUT2D eigenvalue weighted by Gasteiger charge is -2.09. The zero-order chi connectivity index (χ0) is 21.3. The molecule has 0 aromatic heterocycles. The lowest BCUT2D eigenvalue weighted by molar-refractivity contribution is 0.0697. The van der Waals surface area contributed by atoms with Crippen molar-refractivity contribution in [3.05, 3.63) is 45.5 Å². The Hall–Kier alpha value is -0.990. The van der Waals surface area contributed by atoms with Crippen LogP contribution in [0.25, 0.3) is 0 Å². The molecule has 164 valence electrons. The molecule has 0 saturated heterocycles. The molecule has 0 unspecified atom stereocenters. The Morgan fingerprint density at radius 2 is 1.34 bits per heavy atom. The van der Waals surface area contributed by atoms with Gasteiger partial charge in [0.15, 0.2) is 0 Å². The van der Waals surface area contributed by atoms with Crippen molar-refractivity contribution < 1.29 is 9.90 Å². The van der Waals surface area contributed by atoms with E-state index in [1.807, 2.05) is 0 Å². The molecule has 1 aromatic carbocycles. The van der Waals surface area contributed by atoms with Gasteiger partial charge < -0.3 is 5.11 Å². The van der Waals surface area contributed by atoms with Crippen LogP contribution in [-0.2, 0) is 6.42 Å². The van der Waals surface area contributed by atoms with Crippen molar-refractivity contribution >= 4 is 29.2 Å². The quantitative estimate of drug-likeness (QED) is 0.193. The van der Waals surface area contributed by atoms with E-state index in [1.54, 1.807) is 6.07 Å². The standard InChI is InChI=1S/C25H38Cl2O2/c1-2-3-4-5-6-7-8-9-10-11-12-13-14-15-16-17-18-21-23(26)20-19-22(24(21)27)25(28)29/h9-10,19-20H,2-8,11-18H2,1H3,(H,28,29). The molecule has 0 bridgehead atoms. The van der Waals surface area contributed by atoms with Gasteiger partial charge in [-0.3, -0.25) is 0 Å². The number of carbonyl (C=O) groups is 1. The zero-order valence-corrected chi connectivity index (χ0v) is 19.5. The maximum Gasteiger partial charge on any atom is 0.337 e. The summed E-state index contributed by atoms with van der Waals surface area (Å²) in [4.78, 5) is 11.2. The summed E-state index contributed by atoms with van der Waals surface area (Å²) in [5.74, 6) is -1.01. The zero-order valence-electron chi connectivity index (χ0n) is 18.0. The van der Waals surface area contributed by atoms with Crippen LogP contribution in [0.5, 0.6) is 0 Å². The molecule has 0 spiro atoms. The first-order valence-electron chi connectivity index (χ1n) is 11.4. The molecule has 0 heterocycles. The molecule has 0 saturated carbocycles. The van der Waals surface area contributed by atoms with Gasteiger partial charge in [-0.15, -0.1) is 0 Å². The molecule has 0 aliphatic rings. The van der Waals surface area contributed by atoms with Gasteiger partial charge in [0.1, 0.15) is 0 Å². The van der Waals surface area contributed by atoms with Crippen LogP contribution in [-0.4, -0.2) is 11.1 Å². The highest BCUT2D eigenvalue weighted by Gasteiger charge is 2.14. The van der Waals surface area contributed by atoms with Crippen LogP contribution in [0.3, 0.4) is 0 Å². The minimum absolute atomic E-state index is 0.135. The van der Waals surface area contributed by atoms with E-state index in [9.17, 15) is 4.79 Å². The van der Waals surface area contributed by atoms with Gasteiger partial charge in [0.2, 0.25) is 0 Å². The van der Waals surface area contributed by atoms with Gasteiger partial charge in [-0.25, -0.2) is 4.79 Å². The Morgan fingerprint density at radius 1 is 0.828 bits per heavy atom. The summed E-state index contributed by atoms with van der Waals surface area (Å²) >= 11 is 12.4. The number of aromatic carboxylic acids is 1. The van der Waals surface area contributed by atoms with Gasteiger partial charge in [0, 0.05) is 5.02 Å². The van der Waals surface area contributed by atoms with Gasteiger partial charge in [-0.05, 0) is 56.2 Å². The molecule has 1 aromatic rings. The average molecular weight is 441 g/mol. The highest BCUT2D eigenvalue weighted by Crippen LogP contribution is 2.30. The normalized spacial score (nSPS) is 11.4. The molecule has 0 fully saturated rings. The van der Waals surface area contributed by atoms with Crippen molar-refractivity contribution in [2.45, 2.75) is 103 Å². The monoisotopic (exact) mass is 440 g/mol. The fourth-order valence-corrected chi connectivity index (χ4v) is 4.18. The Kier molecular flexibility index (Phi) is 15.1. The van der Waals surface area contributed by atoms with Crippen LogP contribution < -0.4 is 0 Å². The molecule has 29 heavy (non-hydrogen) atoms. The second-order valence-corrected chi connectivity index (χ2v) is 8.67. The van der Waals surface area contributed by atoms with E-state index in [0.29, 0.717) is 5.02 Å². The largest absolute Gasteiger partial charge is 0.478 e. The minimum atomic E-state index is -1.01. The molecule has 2 nitrogen and oxygen atoms in total. The Morgan fingerprint density at radius 3 is 1.90 bits per heavy atom. The second-order valence-electron chi connectivity index (χ2n) is 7.88. The smallest absolute Gasteiger partial charge is 0.337 e. The molecule has 0 radical (unpaired) electrons. The van der Waals surface area contributed by atoms with Crippen molar-refractivity contribution in [1.29, 1.82) is 0 Å². The van der Waals surface area contributed by atoms with E-state index in [4.69, 9.17) is 28.3 Å². The first-order valence-corrected chi connectivity index (χ1v) is 12.2.